The van der Waals surface area contributed by atoms with E-state index in [0.29, 0.717) is 0 Å². The van der Waals surface area contributed by atoms with E-state index in [2.05, 4.69) is 52.3 Å². The fourth-order valence-corrected chi connectivity index (χ4v) is 2.75. The molecule has 0 amide bonds. The molecule has 2 aromatic rings. The number of halogens is 2. The van der Waals surface area contributed by atoms with Crippen molar-refractivity contribution in [2.24, 2.45) is 0 Å². The second-order valence-corrected chi connectivity index (χ2v) is 5.23. The number of nitrogens with one attached hydrogen (secondary N) is 1. The van der Waals surface area contributed by atoms with Crippen molar-refractivity contribution in [2.75, 3.05) is 13.1 Å². The van der Waals surface area contributed by atoms with E-state index < -0.39 is 0 Å². The topological polar surface area (TPSA) is 29.9 Å². The Morgan fingerprint density at radius 1 is 1.10 bits per heavy atom. The van der Waals surface area contributed by atoms with Crippen LogP contribution in [-0.2, 0) is 5.54 Å². The zero-order valence-corrected chi connectivity index (χ0v) is 13.2. The Morgan fingerprint density at radius 3 is 2.40 bits per heavy atom. The highest BCUT2D eigenvalue weighted by atomic mass is 35.5. The van der Waals surface area contributed by atoms with Crippen LogP contribution >= 0.6 is 24.8 Å². The van der Waals surface area contributed by atoms with Crippen LogP contribution in [0, 0.1) is 0 Å². The molecule has 110 valence electrons. The van der Waals surface area contributed by atoms with Gasteiger partial charge in [-0.1, -0.05) is 30.3 Å². The Morgan fingerprint density at radius 2 is 1.75 bits per heavy atom. The summed E-state index contributed by atoms with van der Waals surface area (Å²) in [5, 5.41) is 3.43. The van der Waals surface area contributed by atoms with Crippen molar-refractivity contribution in [3.63, 3.8) is 0 Å². The Balaban J connectivity index is 0.000001000. The van der Waals surface area contributed by atoms with Gasteiger partial charge in [-0.15, -0.1) is 24.8 Å². The van der Waals surface area contributed by atoms with E-state index >= 15 is 0 Å². The van der Waals surface area contributed by atoms with Gasteiger partial charge in [0.15, 0.2) is 0 Å². The molecule has 1 aliphatic heterocycles. The van der Waals surface area contributed by atoms with Gasteiger partial charge in [0.2, 0.25) is 0 Å². The predicted molar refractivity (Wildman–Crippen MR) is 87.9 cm³/mol. The largest absolute Gasteiger partial charge is 0.325 e. The number of imidazole rings is 1. The normalized spacial score (nSPS) is 16.9. The standard InChI is InChI=1S/C15H19N3.2ClH/c1-15(7-9-16-10-8-15)18-12-11-17-14(18)13-5-3-2-4-6-13;;/h2-6,11-12,16H,7-10H2,1H3;2*1H. The molecule has 0 aliphatic carbocycles. The van der Waals surface area contributed by atoms with Gasteiger partial charge < -0.3 is 9.88 Å². The van der Waals surface area contributed by atoms with E-state index in [1.807, 2.05) is 12.3 Å². The van der Waals surface area contributed by atoms with Crippen molar-refractivity contribution in [2.45, 2.75) is 25.3 Å². The van der Waals surface area contributed by atoms with Crippen molar-refractivity contribution in [1.82, 2.24) is 14.9 Å². The van der Waals surface area contributed by atoms with E-state index in [1.54, 1.807) is 0 Å². The lowest BCUT2D eigenvalue weighted by atomic mass is 9.90. The minimum atomic E-state index is 0. The molecule has 1 aromatic heterocycles. The molecule has 0 atom stereocenters. The highest BCUT2D eigenvalue weighted by Crippen LogP contribution is 2.31. The number of nitrogens with zero attached hydrogens (tertiary/aromatic N) is 2. The van der Waals surface area contributed by atoms with E-state index in [1.165, 1.54) is 5.56 Å². The molecular formula is C15H21Cl2N3. The van der Waals surface area contributed by atoms with E-state index in [0.717, 1.165) is 31.8 Å². The Bertz CT molecular complexity index is 519. The first-order valence-electron chi connectivity index (χ1n) is 6.60. The number of rotatable bonds is 2. The molecule has 0 spiro atoms. The summed E-state index contributed by atoms with van der Waals surface area (Å²) in [5.74, 6) is 1.08. The van der Waals surface area contributed by atoms with Gasteiger partial charge in [-0.3, -0.25) is 0 Å². The first-order valence-corrected chi connectivity index (χ1v) is 6.60. The number of aromatic nitrogens is 2. The zero-order chi connectivity index (χ0) is 12.4. The quantitative estimate of drug-likeness (QED) is 0.919. The van der Waals surface area contributed by atoms with E-state index in [9.17, 15) is 0 Å². The molecule has 1 saturated heterocycles. The zero-order valence-electron chi connectivity index (χ0n) is 11.6. The van der Waals surface area contributed by atoms with Gasteiger partial charge in [0.05, 0.1) is 0 Å². The molecule has 20 heavy (non-hydrogen) atoms. The Kier molecular flexibility index (Phi) is 6.06. The van der Waals surface area contributed by atoms with Gasteiger partial charge in [0, 0.05) is 23.5 Å². The van der Waals surface area contributed by atoms with Crippen LogP contribution in [0.25, 0.3) is 11.4 Å². The molecule has 0 bridgehead atoms. The molecule has 3 rings (SSSR count). The van der Waals surface area contributed by atoms with Crippen molar-refractivity contribution in [1.29, 1.82) is 0 Å². The van der Waals surface area contributed by atoms with Crippen molar-refractivity contribution >= 4 is 24.8 Å². The highest BCUT2D eigenvalue weighted by molar-refractivity contribution is 5.85. The van der Waals surface area contributed by atoms with Crippen LogP contribution in [-0.4, -0.2) is 22.6 Å². The van der Waals surface area contributed by atoms with Gasteiger partial charge in [-0.2, -0.15) is 0 Å². The summed E-state index contributed by atoms with van der Waals surface area (Å²) in [6.07, 6.45) is 6.34. The fraction of sp³-hybridized carbons (Fsp3) is 0.400. The minimum Gasteiger partial charge on any atom is -0.325 e. The first kappa shape index (κ1) is 17.0. The summed E-state index contributed by atoms with van der Waals surface area (Å²) in [4.78, 5) is 4.55. The number of hydrogen-bond acceptors (Lipinski definition) is 2. The molecule has 1 fully saturated rings. The van der Waals surface area contributed by atoms with Crippen LogP contribution in [0.1, 0.15) is 19.8 Å². The lowest BCUT2D eigenvalue weighted by Crippen LogP contribution is -2.41. The van der Waals surface area contributed by atoms with Gasteiger partial charge in [-0.25, -0.2) is 4.98 Å². The van der Waals surface area contributed by atoms with Crippen LogP contribution in [0.15, 0.2) is 42.7 Å². The van der Waals surface area contributed by atoms with Crippen LogP contribution in [0.2, 0.25) is 0 Å². The van der Waals surface area contributed by atoms with Crippen LogP contribution < -0.4 is 5.32 Å². The monoisotopic (exact) mass is 313 g/mol. The summed E-state index contributed by atoms with van der Waals surface area (Å²) in [6, 6.07) is 10.4. The van der Waals surface area contributed by atoms with Crippen LogP contribution in [0.3, 0.4) is 0 Å². The summed E-state index contributed by atoms with van der Waals surface area (Å²) >= 11 is 0. The van der Waals surface area contributed by atoms with Gasteiger partial charge in [-0.05, 0) is 32.9 Å². The average Bonchev–Trinajstić information content (AvgIpc) is 2.91. The van der Waals surface area contributed by atoms with E-state index in [4.69, 9.17) is 0 Å². The summed E-state index contributed by atoms with van der Waals surface area (Å²) in [7, 11) is 0. The Hall–Kier alpha value is -1.03. The summed E-state index contributed by atoms with van der Waals surface area (Å²) in [5.41, 5.74) is 1.38. The third-order valence-electron chi connectivity index (χ3n) is 3.94. The SMILES string of the molecule is CC1(n2ccnc2-c2ccccc2)CCNCC1.Cl.Cl. The highest BCUT2D eigenvalue weighted by Gasteiger charge is 2.30. The lowest BCUT2D eigenvalue weighted by Gasteiger charge is -2.36. The molecule has 3 nitrogen and oxygen atoms in total. The second kappa shape index (κ2) is 7.11. The average molecular weight is 314 g/mol. The Labute approximate surface area is 132 Å². The smallest absolute Gasteiger partial charge is 0.140 e. The third kappa shape index (κ3) is 3.17. The fourth-order valence-electron chi connectivity index (χ4n) is 2.75. The van der Waals surface area contributed by atoms with E-state index in [-0.39, 0.29) is 30.4 Å². The number of piperidine rings is 1. The lowest BCUT2D eigenvalue weighted by molar-refractivity contribution is 0.233. The molecular weight excluding hydrogens is 293 g/mol. The predicted octanol–water partition coefficient (Wildman–Crippen LogP) is 3.49. The van der Waals surface area contributed by atoms with Crippen LogP contribution in [0.5, 0.6) is 0 Å². The first-order chi connectivity index (χ1) is 8.80. The molecule has 1 aromatic carbocycles. The summed E-state index contributed by atoms with van der Waals surface area (Å²) < 4.78 is 2.35. The minimum absolute atomic E-state index is 0. The molecule has 5 heteroatoms. The molecule has 1 aliphatic rings. The van der Waals surface area contributed by atoms with Crippen LogP contribution in [0.4, 0.5) is 0 Å². The number of hydrogen-bond donors (Lipinski definition) is 1. The molecule has 0 saturated carbocycles. The summed E-state index contributed by atoms with van der Waals surface area (Å²) in [6.45, 7) is 4.51. The molecule has 0 radical (unpaired) electrons. The van der Waals surface area contributed by atoms with Crippen molar-refractivity contribution < 1.29 is 0 Å². The second-order valence-electron chi connectivity index (χ2n) is 5.23. The van der Waals surface area contributed by atoms with Crippen molar-refractivity contribution in [3.05, 3.63) is 42.7 Å². The number of benzene rings is 1. The maximum atomic E-state index is 4.55. The third-order valence-corrected chi connectivity index (χ3v) is 3.94. The van der Waals surface area contributed by atoms with Gasteiger partial charge in [0.1, 0.15) is 5.82 Å². The molecule has 2 heterocycles. The maximum Gasteiger partial charge on any atom is 0.140 e. The maximum absolute atomic E-state index is 4.55. The van der Waals surface area contributed by atoms with Gasteiger partial charge >= 0.3 is 0 Å². The van der Waals surface area contributed by atoms with Gasteiger partial charge in [0.25, 0.3) is 0 Å². The molecule has 0 unspecified atom stereocenters. The molecule has 1 N–H and O–H groups in total. The van der Waals surface area contributed by atoms with Crippen molar-refractivity contribution in [3.8, 4) is 11.4 Å².